The fourth-order valence-corrected chi connectivity index (χ4v) is 15.5. The molecule has 0 radical (unpaired) electrons. The van der Waals surface area contributed by atoms with E-state index in [-0.39, 0.29) is 3.59 Å². The van der Waals surface area contributed by atoms with Crippen molar-refractivity contribution in [2.24, 2.45) is 0 Å². The van der Waals surface area contributed by atoms with E-state index in [1.807, 2.05) is 0 Å². The van der Waals surface area contributed by atoms with E-state index in [2.05, 4.69) is 23.9 Å². The molecule has 0 saturated heterocycles. The van der Waals surface area contributed by atoms with Crippen molar-refractivity contribution < 1.29 is 45.9 Å². The molecule has 0 amide bonds. The molecule has 0 N–H and O–H groups in total. The van der Waals surface area contributed by atoms with Crippen LogP contribution in [0, 0.1) is 0 Å². The number of halogens is 6. The Morgan fingerprint density at radius 3 is 1.68 bits per heavy atom. The van der Waals surface area contributed by atoms with Gasteiger partial charge in [-0.3, -0.25) is 0 Å². The van der Waals surface area contributed by atoms with Crippen LogP contribution in [0.4, 0.5) is 22.0 Å². The summed E-state index contributed by atoms with van der Waals surface area (Å²) in [5.41, 5.74) is 0.993. The summed E-state index contributed by atoms with van der Waals surface area (Å²) in [5.74, 6) is -0.490. The fourth-order valence-electron chi connectivity index (χ4n) is 5.07. The van der Waals surface area contributed by atoms with Crippen LogP contribution in [0.2, 0.25) is 0 Å². The molecule has 1 atom stereocenters. The first-order chi connectivity index (χ1) is 13.1. The number of rotatable bonds is 6. The van der Waals surface area contributed by atoms with Crippen molar-refractivity contribution in [3.8, 4) is 5.75 Å². The summed E-state index contributed by atoms with van der Waals surface area (Å²) in [7, 11) is -2.27. The normalized spacial score (nSPS) is 21.9. The molecule has 2 fully saturated rings. The van der Waals surface area contributed by atoms with Crippen LogP contribution in [0.3, 0.4) is 0 Å². The third kappa shape index (κ3) is 4.25. The standard InChI is InChI=1S/C19H24ClF5OP.Pd/c20-13-27(15-5-1-2-6-15,16-7-3-4-8-16)17-11-9-14(10-12-17)26-19(24,25)18(21,22)23;/h9-13,15-16,27H,1-8H2;. The van der Waals surface area contributed by atoms with Crippen molar-refractivity contribution in [2.45, 2.75) is 78.6 Å². The first-order valence-corrected chi connectivity index (χ1v) is 13.1. The van der Waals surface area contributed by atoms with Gasteiger partial charge in [-0.15, -0.1) is 0 Å². The molecule has 0 aliphatic heterocycles. The van der Waals surface area contributed by atoms with Crippen molar-refractivity contribution in [3.63, 3.8) is 0 Å². The van der Waals surface area contributed by atoms with Crippen molar-refractivity contribution in [1.29, 1.82) is 0 Å². The van der Waals surface area contributed by atoms with Gasteiger partial charge < -0.3 is 0 Å². The van der Waals surface area contributed by atoms with E-state index in [1.165, 1.54) is 12.1 Å². The van der Waals surface area contributed by atoms with Crippen molar-refractivity contribution in [1.82, 2.24) is 0 Å². The molecule has 0 spiro atoms. The molecule has 0 bridgehead atoms. The number of benzene rings is 1. The fraction of sp³-hybridized carbons (Fsp3) is 0.684. The van der Waals surface area contributed by atoms with Gasteiger partial charge in [0.15, 0.2) is 0 Å². The third-order valence-electron chi connectivity index (χ3n) is 6.32. The molecule has 3 rings (SSSR count). The zero-order valence-corrected chi connectivity index (χ0v) is 18.5. The second-order valence-corrected chi connectivity index (χ2v) is 15.4. The van der Waals surface area contributed by atoms with Crippen molar-refractivity contribution >= 4 is 24.2 Å². The zero-order chi connectivity index (χ0) is 20.6. The molecular weight excluding hydrogens is 512 g/mol. The van der Waals surface area contributed by atoms with E-state index in [4.69, 9.17) is 11.6 Å². The number of alkyl halides is 6. The maximum atomic E-state index is 13.2. The average Bonchev–Trinajstić information content (AvgIpc) is 3.30. The molecule has 0 heterocycles. The second-order valence-electron chi connectivity index (χ2n) is 7.81. The van der Waals surface area contributed by atoms with Crippen LogP contribution in [0.5, 0.6) is 5.75 Å². The topological polar surface area (TPSA) is 9.23 Å². The average molecular weight is 536 g/mol. The van der Waals surface area contributed by atoms with Gasteiger partial charge in [0.1, 0.15) is 0 Å². The molecule has 1 nitrogen and oxygen atoms in total. The van der Waals surface area contributed by atoms with Gasteiger partial charge in [0.25, 0.3) is 0 Å². The molecule has 0 aromatic heterocycles. The minimum absolute atomic E-state index is 0.176. The number of hydrogen-bond donors (Lipinski definition) is 0. The SMILES string of the molecule is FC(F)(F)C(F)(F)Oc1ccc([PH]([CH](Cl)[Pd])(C2CCCC2)C2CCCC2)cc1. The van der Waals surface area contributed by atoms with Gasteiger partial charge in [0, 0.05) is 0 Å². The summed E-state index contributed by atoms with van der Waals surface area (Å²) >= 11 is 10.1. The molecular formula is C19H24ClF5OPPd. The Labute approximate surface area is 178 Å². The first kappa shape index (κ1) is 22.7. The predicted octanol–water partition coefficient (Wildman–Crippen LogP) is 6.55. The van der Waals surface area contributed by atoms with Gasteiger partial charge in [-0.25, -0.2) is 0 Å². The van der Waals surface area contributed by atoms with E-state index in [9.17, 15) is 22.0 Å². The minimum atomic E-state index is -5.75. The molecule has 2 saturated carbocycles. The molecule has 28 heavy (non-hydrogen) atoms. The molecule has 1 unspecified atom stereocenters. The first-order valence-electron chi connectivity index (χ1n) is 9.57. The van der Waals surface area contributed by atoms with Gasteiger partial charge in [0.2, 0.25) is 0 Å². The van der Waals surface area contributed by atoms with Crippen LogP contribution < -0.4 is 10.0 Å². The Morgan fingerprint density at radius 1 is 0.893 bits per heavy atom. The maximum absolute atomic E-state index is 13.2. The van der Waals surface area contributed by atoms with E-state index in [1.54, 1.807) is 12.1 Å². The Bertz CT molecular complexity index is 639. The third-order valence-corrected chi connectivity index (χ3v) is 15.5. The van der Waals surface area contributed by atoms with Gasteiger partial charge in [-0.05, 0) is 0 Å². The van der Waals surface area contributed by atoms with Crippen LogP contribution in [-0.4, -0.2) is 27.2 Å². The van der Waals surface area contributed by atoms with Gasteiger partial charge in [-0.2, -0.15) is 0 Å². The second kappa shape index (κ2) is 8.66. The summed E-state index contributed by atoms with van der Waals surface area (Å²) in [6, 6.07) is 5.81. The van der Waals surface area contributed by atoms with Gasteiger partial charge >= 0.3 is 179 Å². The Balaban J connectivity index is 1.95. The number of hydrogen-bond acceptors (Lipinski definition) is 1. The summed E-state index contributed by atoms with van der Waals surface area (Å²) in [5, 5.41) is 1.03. The van der Waals surface area contributed by atoms with Crippen molar-refractivity contribution in [3.05, 3.63) is 24.3 Å². The van der Waals surface area contributed by atoms with Crippen LogP contribution >= 0.6 is 18.9 Å². The number of ether oxygens (including phenoxy) is 1. The van der Waals surface area contributed by atoms with Gasteiger partial charge in [-0.1, -0.05) is 0 Å². The Kier molecular flexibility index (Phi) is 7.03. The van der Waals surface area contributed by atoms with Crippen molar-refractivity contribution in [2.75, 3.05) is 0 Å². The zero-order valence-electron chi connectivity index (χ0n) is 15.2. The van der Waals surface area contributed by atoms with E-state index in [0.29, 0.717) is 11.3 Å². The molecule has 1 aromatic carbocycles. The summed E-state index contributed by atoms with van der Waals surface area (Å²) in [6.07, 6.45) is -1.91. The molecule has 163 valence electrons. The van der Waals surface area contributed by atoms with Crippen LogP contribution in [0.25, 0.3) is 0 Å². The molecule has 1 aromatic rings. The van der Waals surface area contributed by atoms with Gasteiger partial charge in [0.05, 0.1) is 0 Å². The summed E-state index contributed by atoms with van der Waals surface area (Å²) in [4.78, 5) is 0. The molecule has 2 aliphatic rings. The van der Waals surface area contributed by atoms with Crippen LogP contribution in [-0.2, 0) is 19.2 Å². The molecule has 2 aliphatic carbocycles. The van der Waals surface area contributed by atoms with Crippen LogP contribution in [0.15, 0.2) is 24.3 Å². The summed E-state index contributed by atoms with van der Waals surface area (Å²) in [6.45, 7) is 0. The predicted molar refractivity (Wildman–Crippen MR) is 100 cm³/mol. The monoisotopic (exact) mass is 535 g/mol. The Morgan fingerprint density at radius 2 is 1.32 bits per heavy atom. The van der Waals surface area contributed by atoms with E-state index >= 15 is 0 Å². The van der Waals surface area contributed by atoms with E-state index in [0.717, 1.165) is 56.7 Å². The summed E-state index contributed by atoms with van der Waals surface area (Å²) < 4.78 is 67.4. The molecule has 9 heteroatoms. The Hall–Kier alpha value is 0.0523. The van der Waals surface area contributed by atoms with E-state index < -0.39 is 25.3 Å². The quantitative estimate of drug-likeness (QED) is 0.174. The van der Waals surface area contributed by atoms with Crippen LogP contribution in [0.1, 0.15) is 51.4 Å².